The summed E-state index contributed by atoms with van der Waals surface area (Å²) >= 11 is 0. The van der Waals surface area contributed by atoms with Crippen LogP contribution in [-0.4, -0.2) is 99.6 Å². The fraction of sp³-hybridized carbons (Fsp3) is 0.500. The third kappa shape index (κ3) is 9.33. The number of carbonyl (C=O) groups is 1. The van der Waals surface area contributed by atoms with Crippen molar-refractivity contribution in [1.29, 1.82) is 0 Å². The van der Waals surface area contributed by atoms with Gasteiger partial charge in [-0.15, -0.1) is 0 Å². The van der Waals surface area contributed by atoms with E-state index < -0.39 is 6.10 Å². The lowest BCUT2D eigenvalue weighted by molar-refractivity contribution is 0.00538. The molecule has 0 saturated carbocycles. The fourth-order valence-corrected chi connectivity index (χ4v) is 3.69. The molecule has 180 valence electrons. The van der Waals surface area contributed by atoms with Crippen LogP contribution in [0.5, 0.6) is 0 Å². The summed E-state index contributed by atoms with van der Waals surface area (Å²) in [6, 6.07) is 17.7. The molecule has 2 aliphatic heterocycles. The summed E-state index contributed by atoms with van der Waals surface area (Å²) in [4.78, 5) is 16.7. The molecule has 1 unspecified atom stereocenters. The fourth-order valence-electron chi connectivity index (χ4n) is 3.69. The molecule has 2 heterocycles. The van der Waals surface area contributed by atoms with Crippen molar-refractivity contribution in [3.05, 3.63) is 71.8 Å². The van der Waals surface area contributed by atoms with Gasteiger partial charge < -0.3 is 19.3 Å². The Kier molecular flexibility index (Phi) is 11.5. The van der Waals surface area contributed by atoms with Crippen LogP contribution in [0.15, 0.2) is 60.7 Å². The summed E-state index contributed by atoms with van der Waals surface area (Å²) in [5, 5.41) is 9.89. The Morgan fingerprint density at radius 2 is 1.24 bits per heavy atom. The standard InChI is InChI=1S/C14H12O2.C12H24N2O3/c15-13(11-7-3-1-4-8-11)14(16)12-9-5-2-6-10-12;1-7-15-8-2-13(1)5-11-17-12-6-14-3-9-16-10-4-14/h1-10,13,15H;1-12H2. The van der Waals surface area contributed by atoms with Gasteiger partial charge in [0.2, 0.25) is 0 Å². The highest BCUT2D eigenvalue weighted by atomic mass is 16.5. The highest BCUT2D eigenvalue weighted by Gasteiger charge is 2.18. The first-order valence-corrected chi connectivity index (χ1v) is 11.7. The molecule has 4 rings (SSSR count). The Hall–Kier alpha value is -2.13. The highest BCUT2D eigenvalue weighted by Crippen LogP contribution is 2.17. The van der Waals surface area contributed by atoms with E-state index in [1.54, 1.807) is 48.5 Å². The number of Topliss-reactive ketones (excluding diaryl/α,β-unsaturated/α-hetero) is 1. The van der Waals surface area contributed by atoms with Crippen LogP contribution in [0, 0.1) is 0 Å². The van der Waals surface area contributed by atoms with E-state index >= 15 is 0 Å². The molecule has 7 heteroatoms. The number of ketones is 1. The maximum Gasteiger partial charge on any atom is 0.195 e. The normalized spacial score (nSPS) is 18.2. The van der Waals surface area contributed by atoms with Crippen LogP contribution < -0.4 is 0 Å². The van der Waals surface area contributed by atoms with Crippen molar-refractivity contribution in [2.45, 2.75) is 6.10 Å². The molecule has 7 nitrogen and oxygen atoms in total. The van der Waals surface area contributed by atoms with Crippen LogP contribution in [0.1, 0.15) is 22.0 Å². The molecule has 2 aromatic carbocycles. The van der Waals surface area contributed by atoms with Crippen molar-refractivity contribution in [3.8, 4) is 0 Å². The van der Waals surface area contributed by atoms with Gasteiger partial charge in [-0.25, -0.2) is 0 Å². The van der Waals surface area contributed by atoms with E-state index in [9.17, 15) is 9.90 Å². The van der Waals surface area contributed by atoms with Gasteiger partial charge in [0.1, 0.15) is 6.10 Å². The predicted molar refractivity (Wildman–Crippen MR) is 128 cm³/mol. The maximum absolute atomic E-state index is 11.9. The van der Waals surface area contributed by atoms with Crippen LogP contribution in [-0.2, 0) is 14.2 Å². The first-order chi connectivity index (χ1) is 16.2. The molecular weight excluding hydrogens is 420 g/mol. The van der Waals surface area contributed by atoms with E-state index in [2.05, 4.69) is 9.80 Å². The third-order valence-electron chi connectivity index (χ3n) is 5.73. The lowest BCUT2D eigenvalue weighted by Crippen LogP contribution is -2.40. The summed E-state index contributed by atoms with van der Waals surface area (Å²) < 4.78 is 16.3. The first kappa shape index (κ1) is 25.5. The van der Waals surface area contributed by atoms with Crippen LogP contribution in [0.25, 0.3) is 0 Å². The second-order valence-electron chi connectivity index (χ2n) is 8.06. The zero-order chi connectivity index (χ0) is 23.1. The van der Waals surface area contributed by atoms with Crippen molar-refractivity contribution in [2.24, 2.45) is 0 Å². The van der Waals surface area contributed by atoms with E-state index in [4.69, 9.17) is 14.2 Å². The molecule has 2 fully saturated rings. The maximum atomic E-state index is 11.9. The zero-order valence-electron chi connectivity index (χ0n) is 19.3. The molecule has 2 saturated heterocycles. The van der Waals surface area contributed by atoms with Crippen molar-refractivity contribution in [2.75, 3.05) is 78.9 Å². The average Bonchev–Trinajstić information content (AvgIpc) is 2.90. The molecule has 2 aliphatic rings. The smallest absolute Gasteiger partial charge is 0.195 e. The molecule has 0 aliphatic carbocycles. The Labute approximate surface area is 196 Å². The molecule has 1 atom stereocenters. The molecule has 1 N–H and O–H groups in total. The summed E-state index contributed by atoms with van der Waals surface area (Å²) in [7, 11) is 0. The minimum Gasteiger partial charge on any atom is -0.380 e. The van der Waals surface area contributed by atoms with E-state index in [0.717, 1.165) is 78.9 Å². The monoisotopic (exact) mass is 456 g/mol. The number of rotatable bonds is 9. The Bertz CT molecular complexity index is 758. The van der Waals surface area contributed by atoms with Crippen LogP contribution in [0.2, 0.25) is 0 Å². The number of morpholine rings is 2. The van der Waals surface area contributed by atoms with Crippen LogP contribution in [0.4, 0.5) is 0 Å². The van der Waals surface area contributed by atoms with Gasteiger partial charge in [0.15, 0.2) is 5.78 Å². The van der Waals surface area contributed by atoms with Crippen molar-refractivity contribution < 1.29 is 24.1 Å². The number of aliphatic hydroxyl groups is 1. The zero-order valence-corrected chi connectivity index (χ0v) is 19.3. The lowest BCUT2D eigenvalue weighted by atomic mass is 10.0. The van der Waals surface area contributed by atoms with E-state index in [-0.39, 0.29) is 5.78 Å². The quantitative estimate of drug-likeness (QED) is 0.458. The molecule has 33 heavy (non-hydrogen) atoms. The molecule has 0 radical (unpaired) electrons. The number of carbonyl (C=O) groups excluding carboxylic acids is 1. The van der Waals surface area contributed by atoms with Gasteiger partial charge >= 0.3 is 0 Å². The molecular formula is C26H36N2O5. The minimum absolute atomic E-state index is 0.271. The molecule has 0 bridgehead atoms. The summed E-state index contributed by atoms with van der Waals surface area (Å²) in [6.07, 6.45) is -1.08. The van der Waals surface area contributed by atoms with Crippen LogP contribution in [0.3, 0.4) is 0 Å². The number of hydrogen-bond acceptors (Lipinski definition) is 7. The van der Waals surface area contributed by atoms with Gasteiger partial charge in [0, 0.05) is 44.8 Å². The Morgan fingerprint density at radius 3 is 1.73 bits per heavy atom. The highest BCUT2D eigenvalue weighted by molar-refractivity contribution is 5.99. The van der Waals surface area contributed by atoms with E-state index in [1.807, 2.05) is 12.1 Å². The Morgan fingerprint density at radius 1 is 0.788 bits per heavy atom. The predicted octanol–water partition coefficient (Wildman–Crippen LogP) is 2.27. The largest absolute Gasteiger partial charge is 0.380 e. The number of ether oxygens (including phenoxy) is 3. The second kappa shape index (κ2) is 14.9. The summed E-state index contributed by atoms with van der Waals surface area (Å²) in [5.41, 5.74) is 1.15. The molecule has 0 aromatic heterocycles. The van der Waals surface area contributed by atoms with Crippen molar-refractivity contribution in [1.82, 2.24) is 9.80 Å². The number of benzene rings is 2. The van der Waals surface area contributed by atoms with Gasteiger partial charge in [0.05, 0.1) is 39.6 Å². The average molecular weight is 457 g/mol. The molecule has 0 amide bonds. The first-order valence-electron chi connectivity index (χ1n) is 11.7. The van der Waals surface area contributed by atoms with Gasteiger partial charge in [-0.3, -0.25) is 14.6 Å². The van der Waals surface area contributed by atoms with Gasteiger partial charge in [-0.1, -0.05) is 60.7 Å². The number of hydrogen-bond donors (Lipinski definition) is 1. The van der Waals surface area contributed by atoms with Crippen LogP contribution >= 0.6 is 0 Å². The summed E-state index contributed by atoms with van der Waals surface area (Å²) in [6.45, 7) is 11.4. The molecule has 2 aromatic rings. The topological polar surface area (TPSA) is 71.5 Å². The summed E-state index contributed by atoms with van der Waals surface area (Å²) in [5.74, 6) is -0.271. The number of aliphatic hydroxyl groups excluding tert-OH is 1. The van der Waals surface area contributed by atoms with E-state index in [0.29, 0.717) is 11.1 Å². The minimum atomic E-state index is -1.08. The lowest BCUT2D eigenvalue weighted by Gasteiger charge is -2.27. The third-order valence-corrected chi connectivity index (χ3v) is 5.73. The van der Waals surface area contributed by atoms with Gasteiger partial charge in [0.25, 0.3) is 0 Å². The number of nitrogens with zero attached hydrogens (tertiary/aromatic N) is 2. The van der Waals surface area contributed by atoms with E-state index in [1.165, 1.54) is 0 Å². The SMILES string of the molecule is C1CN(CCOCCN2CCOCC2)CCO1.O=C(c1ccccc1)C(O)c1ccccc1. The van der Waals surface area contributed by atoms with Gasteiger partial charge in [-0.2, -0.15) is 0 Å². The molecule has 0 spiro atoms. The Balaban J connectivity index is 0.000000186. The second-order valence-corrected chi connectivity index (χ2v) is 8.06. The van der Waals surface area contributed by atoms with Gasteiger partial charge in [-0.05, 0) is 5.56 Å². The van der Waals surface area contributed by atoms with Crippen molar-refractivity contribution >= 4 is 5.78 Å². The van der Waals surface area contributed by atoms with Crippen molar-refractivity contribution in [3.63, 3.8) is 0 Å².